The molecule has 1 N–H and O–H groups in total. The average molecular weight is 316 g/mol. The van der Waals surface area contributed by atoms with Gasteiger partial charge < -0.3 is 9.84 Å². The number of thiophene rings is 1. The fourth-order valence-corrected chi connectivity index (χ4v) is 3.35. The number of hydrogen-bond acceptors (Lipinski definition) is 5. The van der Waals surface area contributed by atoms with Crippen LogP contribution in [0.1, 0.15) is 29.8 Å². The molecule has 0 fully saturated rings. The molecule has 5 nitrogen and oxygen atoms in total. The van der Waals surface area contributed by atoms with Gasteiger partial charge in [0.15, 0.2) is 11.5 Å². The second kappa shape index (κ2) is 5.81. The molecule has 0 saturated carbocycles. The normalized spacial score (nSPS) is 17.5. The summed E-state index contributed by atoms with van der Waals surface area (Å²) in [6, 6.07) is 9.02. The van der Waals surface area contributed by atoms with E-state index in [1.807, 2.05) is 17.5 Å². The highest BCUT2D eigenvalue weighted by Gasteiger charge is 2.32. The number of ether oxygens (including phenoxy) is 1. The first kappa shape index (κ1) is 14.6. The molecule has 0 saturated heterocycles. The zero-order valence-electron chi connectivity index (χ0n) is 12.3. The summed E-state index contributed by atoms with van der Waals surface area (Å²) >= 11 is 1.62. The molecule has 114 valence electrons. The van der Waals surface area contributed by atoms with Gasteiger partial charge in [-0.15, -0.1) is 11.3 Å². The van der Waals surface area contributed by atoms with Gasteiger partial charge in [-0.05, 0) is 29.6 Å². The number of carbonyl (C=O) groups excluding carboxylic acids is 1. The third-order valence-corrected chi connectivity index (χ3v) is 4.59. The quantitative estimate of drug-likeness (QED) is 0.946. The van der Waals surface area contributed by atoms with Crippen molar-refractivity contribution < 1.29 is 14.6 Å². The smallest absolute Gasteiger partial charge is 0.240 e. The molecule has 3 rings (SSSR count). The first-order valence-corrected chi connectivity index (χ1v) is 7.76. The van der Waals surface area contributed by atoms with Crippen molar-refractivity contribution in [2.75, 3.05) is 7.11 Å². The molecule has 22 heavy (non-hydrogen) atoms. The largest absolute Gasteiger partial charge is 0.504 e. The molecule has 1 atom stereocenters. The Labute approximate surface area is 132 Å². The van der Waals surface area contributed by atoms with Crippen LogP contribution in [-0.4, -0.2) is 28.8 Å². The second-order valence-corrected chi connectivity index (χ2v) is 6.01. The first-order chi connectivity index (χ1) is 10.6. The first-order valence-electron chi connectivity index (χ1n) is 6.88. The lowest BCUT2D eigenvalue weighted by Crippen LogP contribution is -2.23. The van der Waals surface area contributed by atoms with Crippen molar-refractivity contribution in [1.82, 2.24) is 5.01 Å². The second-order valence-electron chi connectivity index (χ2n) is 5.03. The van der Waals surface area contributed by atoms with Gasteiger partial charge in [-0.3, -0.25) is 4.79 Å². The van der Waals surface area contributed by atoms with Crippen molar-refractivity contribution in [1.29, 1.82) is 0 Å². The molecule has 2 heterocycles. The maximum absolute atomic E-state index is 11.9. The molecule has 1 aromatic carbocycles. The number of hydrogen-bond donors (Lipinski definition) is 1. The van der Waals surface area contributed by atoms with Crippen molar-refractivity contribution in [3.63, 3.8) is 0 Å². The van der Waals surface area contributed by atoms with Crippen molar-refractivity contribution in [2.45, 2.75) is 19.4 Å². The summed E-state index contributed by atoms with van der Waals surface area (Å²) in [6.45, 7) is 1.52. The van der Waals surface area contributed by atoms with E-state index in [0.29, 0.717) is 12.2 Å². The topological polar surface area (TPSA) is 62.1 Å². The summed E-state index contributed by atoms with van der Waals surface area (Å²) in [5.74, 6) is 0.399. The molecule has 1 aliphatic heterocycles. The fourth-order valence-electron chi connectivity index (χ4n) is 2.53. The molecule has 1 aliphatic rings. The van der Waals surface area contributed by atoms with E-state index in [2.05, 4.69) is 5.10 Å². The molecule has 0 radical (unpaired) electrons. The van der Waals surface area contributed by atoms with E-state index in [4.69, 9.17) is 4.74 Å². The minimum Gasteiger partial charge on any atom is -0.504 e. The van der Waals surface area contributed by atoms with E-state index >= 15 is 0 Å². The van der Waals surface area contributed by atoms with E-state index in [1.165, 1.54) is 19.0 Å². The molecule has 0 spiro atoms. The summed E-state index contributed by atoms with van der Waals surface area (Å²) in [5, 5.41) is 17.7. The van der Waals surface area contributed by atoms with Crippen LogP contribution in [0.2, 0.25) is 0 Å². The van der Waals surface area contributed by atoms with Crippen molar-refractivity contribution in [2.24, 2.45) is 5.10 Å². The summed E-state index contributed by atoms with van der Waals surface area (Å²) in [7, 11) is 1.51. The van der Waals surface area contributed by atoms with Gasteiger partial charge in [0, 0.05) is 23.8 Å². The standard InChI is InChI=1S/C16H16N2O3S/c1-10(19)18-13(16-4-3-7-22-16)9-12(17-18)11-5-6-14(20)15(8-11)21-2/h3-8,13,20H,9H2,1-2H3/t13-/m0/s1. The van der Waals surface area contributed by atoms with Crippen LogP contribution >= 0.6 is 11.3 Å². The van der Waals surface area contributed by atoms with Gasteiger partial charge in [0.05, 0.1) is 18.9 Å². The highest BCUT2D eigenvalue weighted by atomic mass is 32.1. The van der Waals surface area contributed by atoms with Crippen molar-refractivity contribution in [3.8, 4) is 11.5 Å². The summed E-state index contributed by atoms with van der Waals surface area (Å²) < 4.78 is 5.14. The molecule has 0 unspecified atom stereocenters. The molecule has 6 heteroatoms. The van der Waals surface area contributed by atoms with E-state index < -0.39 is 0 Å². The SMILES string of the molecule is COc1cc(C2=NN(C(C)=O)[C@H](c3cccs3)C2)ccc1O. The Balaban J connectivity index is 1.95. The Morgan fingerprint density at radius 2 is 2.27 bits per heavy atom. The average Bonchev–Trinajstić information content (AvgIpc) is 3.16. The van der Waals surface area contributed by atoms with Gasteiger partial charge in [-0.2, -0.15) is 5.10 Å². The van der Waals surface area contributed by atoms with Gasteiger partial charge in [0.1, 0.15) is 0 Å². The summed E-state index contributed by atoms with van der Waals surface area (Å²) in [5.41, 5.74) is 1.66. The van der Waals surface area contributed by atoms with Crippen LogP contribution in [0.3, 0.4) is 0 Å². The number of phenols is 1. The van der Waals surface area contributed by atoms with Gasteiger partial charge in [-0.25, -0.2) is 5.01 Å². The third kappa shape index (κ3) is 2.57. The Morgan fingerprint density at radius 1 is 1.45 bits per heavy atom. The zero-order valence-corrected chi connectivity index (χ0v) is 13.1. The maximum Gasteiger partial charge on any atom is 0.240 e. The summed E-state index contributed by atoms with van der Waals surface area (Å²) in [6.07, 6.45) is 0.647. The van der Waals surface area contributed by atoms with E-state index in [9.17, 15) is 9.90 Å². The highest BCUT2D eigenvalue weighted by molar-refractivity contribution is 7.10. The van der Waals surface area contributed by atoms with Crippen LogP contribution in [-0.2, 0) is 4.79 Å². The minimum absolute atomic E-state index is 0.0627. The third-order valence-electron chi connectivity index (χ3n) is 3.62. The Hall–Kier alpha value is -2.34. The van der Waals surface area contributed by atoms with Gasteiger partial charge in [0.25, 0.3) is 0 Å². The van der Waals surface area contributed by atoms with Crippen molar-refractivity contribution in [3.05, 3.63) is 46.2 Å². The Bertz CT molecular complexity index is 725. The Kier molecular flexibility index (Phi) is 3.85. The molecular formula is C16H16N2O3S. The van der Waals surface area contributed by atoms with Crippen LogP contribution in [0.25, 0.3) is 0 Å². The number of methoxy groups -OCH3 is 1. The van der Waals surface area contributed by atoms with Crippen LogP contribution in [0.5, 0.6) is 11.5 Å². The number of rotatable bonds is 3. The van der Waals surface area contributed by atoms with Crippen LogP contribution < -0.4 is 4.74 Å². The van der Waals surface area contributed by atoms with Gasteiger partial charge >= 0.3 is 0 Å². The number of phenolic OH excluding ortho intramolecular Hbond substituents is 1. The lowest BCUT2D eigenvalue weighted by Gasteiger charge is -2.18. The molecular weight excluding hydrogens is 300 g/mol. The van der Waals surface area contributed by atoms with Gasteiger partial charge in [-0.1, -0.05) is 6.07 Å². The number of benzene rings is 1. The molecule has 1 amide bonds. The number of hydrazone groups is 1. The van der Waals surface area contributed by atoms with E-state index in [0.717, 1.165) is 16.2 Å². The maximum atomic E-state index is 11.9. The fraction of sp³-hybridized carbons (Fsp3) is 0.250. The van der Waals surface area contributed by atoms with Crippen molar-refractivity contribution >= 4 is 23.0 Å². The molecule has 0 bridgehead atoms. The predicted molar refractivity (Wildman–Crippen MR) is 85.4 cm³/mol. The monoisotopic (exact) mass is 316 g/mol. The molecule has 0 aliphatic carbocycles. The zero-order chi connectivity index (χ0) is 15.7. The lowest BCUT2D eigenvalue weighted by atomic mass is 10.0. The highest BCUT2D eigenvalue weighted by Crippen LogP contribution is 2.36. The van der Waals surface area contributed by atoms with Gasteiger partial charge in [0.2, 0.25) is 5.91 Å². The number of amides is 1. The Morgan fingerprint density at radius 3 is 2.91 bits per heavy atom. The lowest BCUT2D eigenvalue weighted by molar-refractivity contribution is -0.130. The number of nitrogens with zero attached hydrogens (tertiary/aromatic N) is 2. The van der Waals surface area contributed by atoms with Crippen LogP contribution in [0, 0.1) is 0 Å². The minimum atomic E-state index is -0.0841. The van der Waals surface area contributed by atoms with E-state index in [-0.39, 0.29) is 17.7 Å². The summed E-state index contributed by atoms with van der Waals surface area (Å²) in [4.78, 5) is 13.0. The molecule has 2 aromatic rings. The number of carbonyl (C=O) groups is 1. The molecule has 1 aromatic heterocycles. The van der Waals surface area contributed by atoms with E-state index in [1.54, 1.807) is 29.5 Å². The number of aromatic hydroxyl groups is 1. The predicted octanol–water partition coefficient (Wildman–Crippen LogP) is 3.16. The van der Waals surface area contributed by atoms with Crippen LogP contribution in [0.4, 0.5) is 0 Å². The van der Waals surface area contributed by atoms with Crippen LogP contribution in [0.15, 0.2) is 40.8 Å².